The number of nitrogens with one attached hydrogen (secondary N) is 3. The molecule has 6 atom stereocenters. The Labute approximate surface area is 307 Å². The predicted molar refractivity (Wildman–Crippen MR) is 198 cm³/mol. The maximum absolute atomic E-state index is 13.7. The number of hydrogen-bond donors (Lipinski definition) is 4. The number of rotatable bonds is 9. The van der Waals surface area contributed by atoms with E-state index >= 15 is 0 Å². The number of amides is 3. The summed E-state index contributed by atoms with van der Waals surface area (Å²) in [6.07, 6.45) is 7.19. The molecule has 2 aromatic heterocycles. The molecule has 0 bridgehead atoms. The highest BCUT2D eigenvalue weighted by Crippen LogP contribution is 2.42. The van der Waals surface area contributed by atoms with Crippen LogP contribution in [0.1, 0.15) is 73.9 Å². The molecular weight excluding hydrogens is 669 g/mol. The average molecular weight is 711 g/mol. The highest BCUT2D eigenvalue weighted by molar-refractivity contribution is 5.85. The van der Waals surface area contributed by atoms with E-state index in [2.05, 4.69) is 68.8 Å². The number of hydrogen-bond acceptors (Lipinski definition) is 7. The normalized spacial score (nSPS) is 23.9. The van der Waals surface area contributed by atoms with Crippen molar-refractivity contribution < 1.29 is 19.1 Å². The number of carbonyl (C=O) groups is 3. The first kappa shape index (κ1) is 33.1. The third-order valence-electron chi connectivity index (χ3n) is 11.4. The van der Waals surface area contributed by atoms with Gasteiger partial charge in [-0.15, -0.1) is 0 Å². The first-order valence-electron chi connectivity index (χ1n) is 18.6. The van der Waals surface area contributed by atoms with Crippen LogP contribution in [0.2, 0.25) is 0 Å². The second-order valence-electron chi connectivity index (χ2n) is 14.7. The van der Waals surface area contributed by atoms with Gasteiger partial charge in [-0.05, 0) is 66.7 Å². The molecular formula is C41H42N8O4. The van der Waals surface area contributed by atoms with Crippen molar-refractivity contribution in [2.45, 2.75) is 68.8 Å². The molecule has 12 nitrogen and oxygen atoms in total. The summed E-state index contributed by atoms with van der Waals surface area (Å²) in [5, 5.41) is 3.51. The van der Waals surface area contributed by atoms with Crippen LogP contribution in [0.4, 0.5) is 4.79 Å². The number of ether oxygens (including phenoxy) is 1. The third kappa shape index (κ3) is 6.48. The number of imidazole rings is 2. The highest BCUT2D eigenvalue weighted by Gasteiger charge is 2.49. The second kappa shape index (κ2) is 13.7. The minimum absolute atomic E-state index is 0.00631. The maximum atomic E-state index is 13.7. The van der Waals surface area contributed by atoms with Crippen molar-refractivity contribution in [3.8, 4) is 33.6 Å². The van der Waals surface area contributed by atoms with Crippen molar-refractivity contribution in [2.24, 2.45) is 11.7 Å². The Morgan fingerprint density at radius 2 is 1.26 bits per heavy atom. The van der Waals surface area contributed by atoms with E-state index in [0.717, 1.165) is 78.1 Å². The zero-order valence-electron chi connectivity index (χ0n) is 29.3. The molecule has 3 saturated heterocycles. The summed E-state index contributed by atoms with van der Waals surface area (Å²) >= 11 is 0. The Bertz CT molecular complexity index is 2120. The second-order valence-corrected chi connectivity index (χ2v) is 14.7. The van der Waals surface area contributed by atoms with Crippen LogP contribution in [-0.4, -0.2) is 72.8 Å². The molecule has 3 aromatic carbocycles. The third-order valence-corrected chi connectivity index (χ3v) is 11.4. The van der Waals surface area contributed by atoms with Crippen LogP contribution >= 0.6 is 0 Å². The number of piperidine rings is 1. The van der Waals surface area contributed by atoms with E-state index in [1.54, 1.807) is 35.4 Å². The molecule has 5 heterocycles. The monoisotopic (exact) mass is 710 g/mol. The first-order chi connectivity index (χ1) is 25.9. The van der Waals surface area contributed by atoms with Crippen molar-refractivity contribution in [1.82, 2.24) is 35.1 Å². The lowest BCUT2D eigenvalue weighted by Crippen LogP contribution is -2.44. The lowest BCUT2D eigenvalue weighted by molar-refractivity contribution is -0.141. The molecule has 1 saturated carbocycles. The predicted octanol–water partition coefficient (Wildman–Crippen LogP) is 6.05. The number of carbonyl (C=O) groups excluding carboxylic acids is 3. The molecule has 5 aromatic rings. The first-order valence-corrected chi connectivity index (χ1v) is 18.6. The van der Waals surface area contributed by atoms with Gasteiger partial charge in [-0.2, -0.15) is 0 Å². The molecule has 0 radical (unpaired) electrons. The summed E-state index contributed by atoms with van der Waals surface area (Å²) in [6, 6.07) is 25.9. The number of benzene rings is 3. The van der Waals surface area contributed by atoms with E-state index in [0.29, 0.717) is 29.9 Å². The quantitative estimate of drug-likeness (QED) is 0.145. The van der Waals surface area contributed by atoms with Gasteiger partial charge >= 0.3 is 6.09 Å². The average Bonchev–Trinajstić information content (AvgIpc) is 3.90. The zero-order chi connectivity index (χ0) is 36.1. The topological polar surface area (TPSA) is 162 Å². The highest BCUT2D eigenvalue weighted by atomic mass is 16.6. The molecule has 12 heteroatoms. The Morgan fingerprint density at radius 3 is 1.81 bits per heavy atom. The summed E-state index contributed by atoms with van der Waals surface area (Å²) in [5.41, 5.74) is 11.9. The summed E-state index contributed by atoms with van der Waals surface area (Å²) in [4.78, 5) is 58.8. The molecule has 3 amide bonds. The smallest absolute Gasteiger partial charge is 0.405 e. The summed E-state index contributed by atoms with van der Waals surface area (Å²) in [7, 11) is 0. The largest absolute Gasteiger partial charge is 0.431 e. The number of primary amides is 1. The van der Waals surface area contributed by atoms with E-state index in [1.807, 2.05) is 17.2 Å². The number of likely N-dealkylation sites (tertiary alicyclic amines) is 2. The summed E-state index contributed by atoms with van der Waals surface area (Å²) in [5.74, 6) is 2.13. The van der Waals surface area contributed by atoms with Crippen molar-refractivity contribution in [3.63, 3.8) is 0 Å². The lowest BCUT2D eigenvalue weighted by Gasteiger charge is -2.27. The zero-order valence-corrected chi connectivity index (χ0v) is 29.3. The number of nitrogens with zero attached hydrogens (tertiary/aromatic N) is 4. The van der Waals surface area contributed by atoms with Gasteiger partial charge in [-0.1, -0.05) is 78.9 Å². The van der Waals surface area contributed by atoms with Gasteiger partial charge in [0.1, 0.15) is 11.6 Å². The molecule has 4 fully saturated rings. The van der Waals surface area contributed by atoms with Crippen LogP contribution in [0, 0.1) is 5.92 Å². The van der Waals surface area contributed by atoms with E-state index in [4.69, 9.17) is 15.5 Å². The van der Waals surface area contributed by atoms with Gasteiger partial charge in [0.25, 0.3) is 5.91 Å². The molecule has 4 aliphatic rings. The van der Waals surface area contributed by atoms with Crippen LogP contribution in [0.3, 0.4) is 0 Å². The minimum Gasteiger partial charge on any atom is -0.431 e. The lowest BCUT2D eigenvalue weighted by atomic mass is 10.0. The molecule has 1 aliphatic carbocycles. The number of aromatic nitrogens is 4. The van der Waals surface area contributed by atoms with Gasteiger partial charge in [0.15, 0.2) is 0 Å². The Kier molecular flexibility index (Phi) is 8.54. The fourth-order valence-electron chi connectivity index (χ4n) is 8.49. The molecule has 53 heavy (non-hydrogen) atoms. The van der Waals surface area contributed by atoms with Gasteiger partial charge < -0.3 is 35.6 Å². The van der Waals surface area contributed by atoms with E-state index in [9.17, 15) is 14.4 Å². The molecule has 5 N–H and O–H groups in total. The SMILES string of the molecule is NC(=O)O[C@@H](C(=O)N1CCC[C@H]1c1ncc(-c2ccc(-c3ccc(-c4cnc([C@@H]5CCCN5C(=O)[C@@H]5C[C@@H]6C[C@@H]6N5)[nH]4)cc3)cc2)[nH]1)c1ccccc1. The van der Waals surface area contributed by atoms with Crippen molar-refractivity contribution >= 4 is 17.9 Å². The van der Waals surface area contributed by atoms with Crippen molar-refractivity contribution in [2.75, 3.05) is 13.1 Å². The molecule has 0 spiro atoms. The van der Waals surface area contributed by atoms with Crippen molar-refractivity contribution in [3.05, 3.63) is 108 Å². The van der Waals surface area contributed by atoms with E-state index in [-0.39, 0.29) is 29.9 Å². The fourth-order valence-corrected chi connectivity index (χ4v) is 8.49. The van der Waals surface area contributed by atoms with Crippen LogP contribution in [0.15, 0.2) is 91.3 Å². The number of aromatic amines is 2. The van der Waals surface area contributed by atoms with E-state index < -0.39 is 12.2 Å². The van der Waals surface area contributed by atoms with Gasteiger partial charge in [-0.25, -0.2) is 14.8 Å². The van der Waals surface area contributed by atoms with Crippen LogP contribution in [0.25, 0.3) is 33.6 Å². The van der Waals surface area contributed by atoms with Crippen molar-refractivity contribution in [1.29, 1.82) is 0 Å². The standard InChI is InChI=1S/C41H42N8O4/c42-41(52)53-36(28-6-2-1-3-7-28)40(51)49-19-5-9-35(49)38-44-23-33(47-38)27-16-12-25(13-17-27)24-10-14-26(15-11-24)32-22-43-37(46-32)34-8-4-18-48(34)39(50)31-21-29-20-30(29)45-31/h1-3,6-7,10-17,22-23,29-31,34-36,45H,4-5,8-9,18-21H2,(H2,42,52)(H,43,46)(H,44,47)/t29-,30-,31-,34-,35-,36+/m0/s1. The summed E-state index contributed by atoms with van der Waals surface area (Å²) < 4.78 is 5.29. The minimum atomic E-state index is -1.12. The molecule has 9 rings (SSSR count). The Hall–Kier alpha value is -5.75. The Balaban J connectivity index is 0.856. The van der Waals surface area contributed by atoms with E-state index in [1.165, 1.54) is 6.42 Å². The molecule has 270 valence electrons. The van der Waals surface area contributed by atoms with Gasteiger partial charge in [0.05, 0.1) is 41.9 Å². The Morgan fingerprint density at radius 1 is 0.717 bits per heavy atom. The number of nitrogens with two attached hydrogens (primary N) is 1. The van der Waals surface area contributed by atoms with Gasteiger partial charge in [-0.3, -0.25) is 9.59 Å². The fraction of sp³-hybridized carbons (Fsp3) is 0.341. The summed E-state index contributed by atoms with van der Waals surface area (Å²) in [6.45, 7) is 1.31. The van der Waals surface area contributed by atoms with Gasteiger partial charge in [0, 0.05) is 24.7 Å². The number of fused-ring (bicyclic) bond motifs is 1. The number of H-pyrrole nitrogens is 2. The van der Waals surface area contributed by atoms with Crippen LogP contribution in [-0.2, 0) is 14.3 Å². The molecule has 3 aliphatic heterocycles. The van der Waals surface area contributed by atoms with Crippen LogP contribution in [0.5, 0.6) is 0 Å². The maximum Gasteiger partial charge on any atom is 0.405 e. The molecule has 0 unspecified atom stereocenters. The van der Waals surface area contributed by atoms with Crippen LogP contribution < -0.4 is 11.1 Å². The van der Waals surface area contributed by atoms with Gasteiger partial charge in [0.2, 0.25) is 12.0 Å².